The average Bonchev–Trinajstić information content (AvgIpc) is 2.89. The topological polar surface area (TPSA) is 42.7 Å². The summed E-state index contributed by atoms with van der Waals surface area (Å²) in [4.78, 5) is 0. The Labute approximate surface area is 131 Å². The molecule has 1 unspecified atom stereocenters. The summed E-state index contributed by atoms with van der Waals surface area (Å²) < 4.78 is 2.17. The molecule has 1 aliphatic rings. The van der Waals surface area contributed by atoms with Crippen molar-refractivity contribution in [3.63, 3.8) is 0 Å². The zero-order chi connectivity index (χ0) is 12.2. The summed E-state index contributed by atoms with van der Waals surface area (Å²) in [6.07, 6.45) is 4.28. The van der Waals surface area contributed by atoms with Crippen LogP contribution in [0, 0.1) is 0 Å². The molecule has 1 atom stereocenters. The second-order valence-electron chi connectivity index (χ2n) is 4.85. The van der Waals surface area contributed by atoms with Crippen LogP contribution < -0.4 is 5.32 Å². The quantitative estimate of drug-likeness (QED) is 0.947. The molecule has 0 aliphatic carbocycles. The van der Waals surface area contributed by atoms with E-state index >= 15 is 0 Å². The number of benzene rings is 1. The van der Waals surface area contributed by atoms with E-state index in [1.165, 1.54) is 18.4 Å². The minimum absolute atomic E-state index is 0. The number of nitrogens with zero attached hydrogens (tertiary/aromatic N) is 3. The summed E-state index contributed by atoms with van der Waals surface area (Å²) in [5.41, 5.74) is 1.29. The largest absolute Gasteiger partial charge is 0.316 e. The molecule has 1 N–H and O–H groups in total. The molecular formula is C14H20Cl2N4. The molecule has 1 fully saturated rings. The van der Waals surface area contributed by atoms with Gasteiger partial charge >= 0.3 is 0 Å². The molecule has 2 heterocycles. The maximum atomic E-state index is 4.31. The van der Waals surface area contributed by atoms with Crippen molar-refractivity contribution in [1.82, 2.24) is 20.1 Å². The maximum Gasteiger partial charge on any atom is 0.137 e. The molecular weight excluding hydrogens is 295 g/mol. The van der Waals surface area contributed by atoms with Crippen molar-refractivity contribution in [3.8, 4) is 0 Å². The molecule has 4 nitrogen and oxygen atoms in total. The number of halogens is 2. The third-order valence-corrected chi connectivity index (χ3v) is 3.50. The third kappa shape index (κ3) is 3.95. The smallest absolute Gasteiger partial charge is 0.137 e. The minimum Gasteiger partial charge on any atom is -0.316 e. The van der Waals surface area contributed by atoms with Gasteiger partial charge in [0.1, 0.15) is 12.2 Å². The maximum absolute atomic E-state index is 4.31. The molecule has 20 heavy (non-hydrogen) atoms. The SMILES string of the molecule is Cl.Cl.c1ccc(Cn2cnnc2C2CCCNC2)cc1. The van der Waals surface area contributed by atoms with Gasteiger partial charge in [-0.15, -0.1) is 35.0 Å². The van der Waals surface area contributed by atoms with Crippen LogP contribution >= 0.6 is 24.8 Å². The standard InChI is InChI=1S/C14H18N4.2ClH/c1-2-5-12(6-3-1)10-18-11-16-17-14(18)13-7-4-8-15-9-13;;/h1-3,5-6,11,13,15H,4,7-10H2;2*1H. The number of rotatable bonds is 3. The number of piperidine rings is 1. The van der Waals surface area contributed by atoms with Gasteiger partial charge in [0.25, 0.3) is 0 Å². The van der Waals surface area contributed by atoms with Gasteiger partial charge < -0.3 is 9.88 Å². The van der Waals surface area contributed by atoms with E-state index < -0.39 is 0 Å². The fraction of sp³-hybridized carbons (Fsp3) is 0.429. The highest BCUT2D eigenvalue weighted by Crippen LogP contribution is 2.21. The lowest BCUT2D eigenvalue weighted by atomic mass is 9.99. The Morgan fingerprint density at radius 1 is 1.20 bits per heavy atom. The highest BCUT2D eigenvalue weighted by molar-refractivity contribution is 5.85. The molecule has 1 saturated heterocycles. The first-order valence-electron chi connectivity index (χ1n) is 6.56. The predicted octanol–water partition coefficient (Wildman–Crippen LogP) is 2.64. The number of nitrogens with one attached hydrogen (secondary N) is 1. The van der Waals surface area contributed by atoms with E-state index in [2.05, 4.69) is 44.3 Å². The van der Waals surface area contributed by atoms with E-state index in [-0.39, 0.29) is 24.8 Å². The minimum atomic E-state index is 0. The van der Waals surface area contributed by atoms with Gasteiger partial charge in [0.2, 0.25) is 0 Å². The lowest BCUT2D eigenvalue weighted by Crippen LogP contribution is -2.30. The summed E-state index contributed by atoms with van der Waals surface area (Å²) >= 11 is 0. The first-order valence-corrected chi connectivity index (χ1v) is 6.56. The molecule has 110 valence electrons. The molecule has 6 heteroatoms. The normalized spacial score (nSPS) is 17.9. The summed E-state index contributed by atoms with van der Waals surface area (Å²) in [5, 5.41) is 11.8. The Balaban J connectivity index is 0.000001000. The molecule has 0 spiro atoms. The van der Waals surface area contributed by atoms with Gasteiger partial charge in [-0.05, 0) is 24.9 Å². The van der Waals surface area contributed by atoms with Crippen LogP contribution in [-0.4, -0.2) is 27.9 Å². The van der Waals surface area contributed by atoms with Crippen molar-refractivity contribution in [2.75, 3.05) is 13.1 Å². The molecule has 1 aromatic heterocycles. The van der Waals surface area contributed by atoms with Crippen LogP contribution in [0.5, 0.6) is 0 Å². The Hall–Kier alpha value is -1.10. The molecule has 2 aromatic rings. The second kappa shape index (κ2) is 8.25. The fourth-order valence-corrected chi connectivity index (χ4v) is 2.55. The monoisotopic (exact) mass is 314 g/mol. The Bertz CT molecular complexity index is 495. The van der Waals surface area contributed by atoms with Crippen molar-refractivity contribution < 1.29 is 0 Å². The predicted molar refractivity (Wildman–Crippen MR) is 84.9 cm³/mol. The van der Waals surface area contributed by atoms with Crippen LogP contribution in [0.1, 0.15) is 30.1 Å². The van der Waals surface area contributed by atoms with Crippen molar-refractivity contribution >= 4 is 24.8 Å². The summed E-state index contributed by atoms with van der Waals surface area (Å²) in [7, 11) is 0. The van der Waals surface area contributed by atoms with E-state index in [1.807, 2.05) is 12.4 Å². The summed E-state index contributed by atoms with van der Waals surface area (Å²) in [6.45, 7) is 3.01. The van der Waals surface area contributed by atoms with Crippen molar-refractivity contribution in [1.29, 1.82) is 0 Å². The van der Waals surface area contributed by atoms with Crippen molar-refractivity contribution in [3.05, 3.63) is 48.0 Å². The molecule has 0 radical (unpaired) electrons. The van der Waals surface area contributed by atoms with Crippen molar-refractivity contribution in [2.24, 2.45) is 0 Å². The number of hydrogen-bond donors (Lipinski definition) is 1. The van der Waals surface area contributed by atoms with Crippen LogP contribution in [-0.2, 0) is 6.54 Å². The second-order valence-corrected chi connectivity index (χ2v) is 4.85. The van der Waals surface area contributed by atoms with E-state index in [0.29, 0.717) is 5.92 Å². The van der Waals surface area contributed by atoms with Crippen molar-refractivity contribution in [2.45, 2.75) is 25.3 Å². The van der Waals surface area contributed by atoms with Crippen LogP contribution in [0.4, 0.5) is 0 Å². The molecule has 0 amide bonds. The van der Waals surface area contributed by atoms with E-state index in [9.17, 15) is 0 Å². The highest BCUT2D eigenvalue weighted by atomic mass is 35.5. The first-order chi connectivity index (χ1) is 8.93. The fourth-order valence-electron chi connectivity index (χ4n) is 2.55. The number of aromatic nitrogens is 3. The van der Waals surface area contributed by atoms with Gasteiger partial charge in [0.05, 0.1) is 6.54 Å². The Morgan fingerprint density at radius 3 is 2.70 bits per heavy atom. The molecule has 0 saturated carbocycles. The third-order valence-electron chi connectivity index (χ3n) is 3.50. The van der Waals surface area contributed by atoms with Crippen LogP contribution in [0.2, 0.25) is 0 Å². The summed E-state index contributed by atoms with van der Waals surface area (Å²) in [6, 6.07) is 10.5. The lowest BCUT2D eigenvalue weighted by molar-refractivity contribution is 0.435. The zero-order valence-electron chi connectivity index (χ0n) is 11.2. The average molecular weight is 315 g/mol. The van der Waals surface area contributed by atoms with E-state index in [4.69, 9.17) is 0 Å². The molecule has 3 rings (SSSR count). The van der Waals surface area contributed by atoms with Gasteiger partial charge in [0.15, 0.2) is 0 Å². The Kier molecular flexibility index (Phi) is 6.99. The van der Waals surface area contributed by atoms with Crippen LogP contribution in [0.25, 0.3) is 0 Å². The lowest BCUT2D eigenvalue weighted by Gasteiger charge is -2.22. The summed E-state index contributed by atoms with van der Waals surface area (Å²) in [5.74, 6) is 1.62. The van der Waals surface area contributed by atoms with Gasteiger partial charge in [-0.2, -0.15) is 0 Å². The molecule has 0 bridgehead atoms. The molecule has 1 aromatic carbocycles. The molecule has 1 aliphatic heterocycles. The van der Waals surface area contributed by atoms with Gasteiger partial charge in [-0.25, -0.2) is 0 Å². The van der Waals surface area contributed by atoms with Gasteiger partial charge in [-0.1, -0.05) is 30.3 Å². The van der Waals surface area contributed by atoms with Gasteiger partial charge in [0, 0.05) is 12.5 Å². The number of hydrogen-bond acceptors (Lipinski definition) is 3. The van der Waals surface area contributed by atoms with E-state index in [1.54, 1.807) is 0 Å². The Morgan fingerprint density at radius 2 is 2.00 bits per heavy atom. The van der Waals surface area contributed by atoms with Crippen LogP contribution in [0.3, 0.4) is 0 Å². The first kappa shape index (κ1) is 17.0. The highest BCUT2D eigenvalue weighted by Gasteiger charge is 2.20. The van der Waals surface area contributed by atoms with Crippen LogP contribution in [0.15, 0.2) is 36.7 Å². The zero-order valence-corrected chi connectivity index (χ0v) is 12.9. The van der Waals surface area contributed by atoms with E-state index in [0.717, 1.165) is 25.5 Å². The van der Waals surface area contributed by atoms with Gasteiger partial charge in [-0.3, -0.25) is 0 Å².